The molecule has 30 heavy (non-hydrogen) atoms. The van der Waals surface area contributed by atoms with Crippen LogP contribution in [0.15, 0.2) is 77.7 Å². The van der Waals surface area contributed by atoms with Crippen LogP contribution in [0, 0.1) is 0 Å². The Bertz CT molecular complexity index is 1240. The number of anilines is 1. The molecule has 1 heterocycles. The molecule has 1 N–H and O–H groups in total. The number of hydrogen-bond acceptors (Lipinski definition) is 3. The second-order valence-electron chi connectivity index (χ2n) is 7.74. The summed E-state index contributed by atoms with van der Waals surface area (Å²) in [6.45, 7) is -0.244. The van der Waals surface area contributed by atoms with Gasteiger partial charge in [-0.05, 0) is 42.5 Å². The minimum atomic E-state index is -3.82. The highest BCUT2D eigenvalue weighted by atomic mass is 32.2. The van der Waals surface area contributed by atoms with Gasteiger partial charge in [0.2, 0.25) is 5.91 Å². The highest BCUT2D eigenvalue weighted by Gasteiger charge is 2.36. The number of nitrogens with zero attached hydrogens (tertiary/aromatic N) is 1. The fraction of sp³-hybridized carbons (Fsp3) is 0.208. The van der Waals surface area contributed by atoms with Crippen molar-refractivity contribution in [3.05, 3.63) is 83.9 Å². The van der Waals surface area contributed by atoms with Gasteiger partial charge in [-0.15, -0.1) is 0 Å². The van der Waals surface area contributed by atoms with Gasteiger partial charge in [-0.2, -0.15) is 0 Å². The minimum absolute atomic E-state index is 0.0857. The zero-order valence-corrected chi connectivity index (χ0v) is 17.2. The van der Waals surface area contributed by atoms with E-state index in [2.05, 4.69) is 11.4 Å². The molecule has 1 aliphatic carbocycles. The van der Waals surface area contributed by atoms with Crippen molar-refractivity contribution in [1.29, 1.82) is 0 Å². The maximum atomic E-state index is 13.3. The monoisotopic (exact) mass is 418 g/mol. The van der Waals surface area contributed by atoms with Crippen molar-refractivity contribution in [3.63, 3.8) is 0 Å². The predicted molar refractivity (Wildman–Crippen MR) is 117 cm³/mol. The van der Waals surface area contributed by atoms with Crippen molar-refractivity contribution in [2.24, 2.45) is 0 Å². The number of carbonyl (C=O) groups is 1. The van der Waals surface area contributed by atoms with Gasteiger partial charge in [-0.1, -0.05) is 60.7 Å². The summed E-state index contributed by atoms with van der Waals surface area (Å²) < 4.78 is 27.9. The summed E-state index contributed by atoms with van der Waals surface area (Å²) in [6.07, 6.45) is 2.86. The van der Waals surface area contributed by atoms with Gasteiger partial charge in [-0.3, -0.25) is 9.10 Å². The van der Waals surface area contributed by atoms with Crippen molar-refractivity contribution in [2.75, 3.05) is 10.8 Å². The van der Waals surface area contributed by atoms with Crippen molar-refractivity contribution >= 4 is 21.6 Å². The first-order valence-corrected chi connectivity index (χ1v) is 11.6. The summed E-state index contributed by atoms with van der Waals surface area (Å²) in [5.74, 6) is -0.297. The molecule has 0 spiro atoms. The van der Waals surface area contributed by atoms with Gasteiger partial charge >= 0.3 is 0 Å². The topological polar surface area (TPSA) is 66.5 Å². The Kier molecular flexibility index (Phi) is 4.59. The van der Waals surface area contributed by atoms with Crippen LogP contribution in [0.1, 0.15) is 30.0 Å². The van der Waals surface area contributed by atoms with E-state index in [0.717, 1.165) is 30.4 Å². The van der Waals surface area contributed by atoms with Crippen LogP contribution in [-0.2, 0) is 21.2 Å². The largest absolute Gasteiger partial charge is 0.348 e. The minimum Gasteiger partial charge on any atom is -0.348 e. The third kappa shape index (κ3) is 3.08. The smallest absolute Gasteiger partial charge is 0.265 e. The Morgan fingerprint density at radius 2 is 1.63 bits per heavy atom. The first-order valence-electron chi connectivity index (χ1n) is 10.1. The Morgan fingerprint density at radius 1 is 0.933 bits per heavy atom. The molecule has 152 valence electrons. The third-order valence-corrected chi connectivity index (χ3v) is 7.73. The molecule has 1 unspecified atom stereocenters. The van der Waals surface area contributed by atoms with E-state index in [4.69, 9.17) is 0 Å². The number of fused-ring (bicyclic) bond motifs is 4. The van der Waals surface area contributed by atoms with E-state index in [9.17, 15) is 13.2 Å². The molecule has 6 heteroatoms. The summed E-state index contributed by atoms with van der Waals surface area (Å²) in [5.41, 5.74) is 4.41. The average molecular weight is 419 g/mol. The van der Waals surface area contributed by atoms with Crippen LogP contribution in [-0.4, -0.2) is 20.9 Å². The molecule has 0 saturated heterocycles. The van der Waals surface area contributed by atoms with Crippen molar-refractivity contribution < 1.29 is 13.2 Å². The maximum Gasteiger partial charge on any atom is 0.265 e. The summed E-state index contributed by atoms with van der Waals surface area (Å²) in [7, 11) is -3.82. The number of sulfonamides is 1. The fourth-order valence-electron chi connectivity index (χ4n) is 4.53. The van der Waals surface area contributed by atoms with Gasteiger partial charge in [0, 0.05) is 11.1 Å². The van der Waals surface area contributed by atoms with Gasteiger partial charge in [0.1, 0.15) is 6.54 Å². The van der Waals surface area contributed by atoms with Gasteiger partial charge in [-0.25, -0.2) is 8.42 Å². The molecule has 2 aliphatic rings. The number of amides is 1. The van der Waals surface area contributed by atoms with E-state index >= 15 is 0 Å². The van der Waals surface area contributed by atoms with E-state index < -0.39 is 10.0 Å². The molecule has 3 aromatic rings. The van der Waals surface area contributed by atoms with E-state index in [-0.39, 0.29) is 23.4 Å². The number of aryl methyl sites for hydroxylation is 1. The zero-order valence-electron chi connectivity index (χ0n) is 16.4. The van der Waals surface area contributed by atoms with Gasteiger partial charge in [0.25, 0.3) is 10.0 Å². The molecule has 0 aromatic heterocycles. The van der Waals surface area contributed by atoms with E-state index in [1.807, 2.05) is 42.5 Å². The SMILES string of the molecule is O=C(CN1c2ccccc2-c2ccccc2S1(=O)=O)NC1CCCc2ccccc21. The lowest BCUT2D eigenvalue weighted by atomic mass is 9.88. The third-order valence-electron chi connectivity index (χ3n) is 5.91. The number of rotatable bonds is 3. The van der Waals surface area contributed by atoms with Crippen LogP contribution >= 0.6 is 0 Å². The van der Waals surface area contributed by atoms with Gasteiger partial charge < -0.3 is 5.32 Å². The summed E-state index contributed by atoms with van der Waals surface area (Å²) in [5, 5.41) is 3.07. The van der Waals surface area contributed by atoms with Gasteiger partial charge in [0.05, 0.1) is 16.6 Å². The second kappa shape index (κ2) is 7.29. The maximum absolute atomic E-state index is 13.3. The van der Waals surface area contributed by atoms with Crippen molar-refractivity contribution in [3.8, 4) is 11.1 Å². The van der Waals surface area contributed by atoms with Crippen LogP contribution in [0.25, 0.3) is 11.1 Å². The number of nitrogens with one attached hydrogen (secondary N) is 1. The predicted octanol–water partition coefficient (Wildman–Crippen LogP) is 4.06. The van der Waals surface area contributed by atoms with Crippen LogP contribution in [0.2, 0.25) is 0 Å². The van der Waals surface area contributed by atoms with Crippen molar-refractivity contribution in [2.45, 2.75) is 30.2 Å². The van der Waals surface area contributed by atoms with Crippen LogP contribution in [0.4, 0.5) is 5.69 Å². The van der Waals surface area contributed by atoms with Crippen LogP contribution in [0.5, 0.6) is 0 Å². The van der Waals surface area contributed by atoms with Crippen molar-refractivity contribution in [1.82, 2.24) is 5.32 Å². The highest BCUT2D eigenvalue weighted by Crippen LogP contribution is 2.42. The number of para-hydroxylation sites is 1. The Labute approximate surface area is 176 Å². The van der Waals surface area contributed by atoms with Gasteiger partial charge in [0.15, 0.2) is 0 Å². The van der Waals surface area contributed by atoms with E-state index in [1.54, 1.807) is 24.3 Å². The first-order chi connectivity index (χ1) is 14.6. The molecular formula is C24H22N2O3S. The lowest BCUT2D eigenvalue weighted by Gasteiger charge is -2.32. The number of carbonyl (C=O) groups excluding carboxylic acids is 1. The quantitative estimate of drug-likeness (QED) is 0.698. The lowest BCUT2D eigenvalue weighted by molar-refractivity contribution is -0.120. The summed E-state index contributed by atoms with van der Waals surface area (Å²) >= 11 is 0. The van der Waals surface area contributed by atoms with E-state index in [1.165, 1.54) is 9.87 Å². The molecule has 0 fully saturated rings. The van der Waals surface area contributed by atoms with Crippen LogP contribution < -0.4 is 9.62 Å². The molecule has 0 saturated carbocycles. The average Bonchev–Trinajstić information content (AvgIpc) is 2.77. The lowest BCUT2D eigenvalue weighted by Crippen LogP contribution is -2.43. The number of hydrogen-bond donors (Lipinski definition) is 1. The first kappa shape index (κ1) is 18.9. The number of benzene rings is 3. The Balaban J connectivity index is 1.46. The normalized spacial score (nSPS) is 18.7. The summed E-state index contributed by atoms with van der Waals surface area (Å²) in [6, 6.07) is 22.3. The zero-order chi connectivity index (χ0) is 20.7. The molecular weight excluding hydrogens is 396 g/mol. The molecule has 5 rings (SSSR count). The molecule has 0 radical (unpaired) electrons. The molecule has 5 nitrogen and oxygen atoms in total. The summed E-state index contributed by atoms with van der Waals surface area (Å²) in [4.78, 5) is 13.2. The molecule has 3 aromatic carbocycles. The highest BCUT2D eigenvalue weighted by molar-refractivity contribution is 7.93. The Hall–Kier alpha value is -3.12. The molecule has 1 atom stereocenters. The molecule has 0 bridgehead atoms. The van der Waals surface area contributed by atoms with Crippen LogP contribution in [0.3, 0.4) is 0 Å². The second-order valence-corrected chi connectivity index (χ2v) is 9.57. The van der Waals surface area contributed by atoms with E-state index in [0.29, 0.717) is 11.3 Å². The molecule has 1 aliphatic heterocycles. The molecule has 1 amide bonds. The standard InChI is InChI=1S/C24H22N2O3S/c27-24(25-21-13-7-9-17-8-1-2-10-18(17)21)16-26-22-14-5-3-11-19(22)20-12-4-6-15-23(20)30(26,28)29/h1-6,8,10-12,14-15,21H,7,9,13,16H2,(H,25,27). The Morgan fingerprint density at radius 3 is 2.50 bits per heavy atom. The fourth-order valence-corrected chi connectivity index (χ4v) is 6.17.